The van der Waals surface area contributed by atoms with Gasteiger partial charge in [0.15, 0.2) is 0 Å². The highest BCUT2D eigenvalue weighted by atomic mass is 16.5. The Balaban J connectivity index is 1.32. The van der Waals surface area contributed by atoms with Gasteiger partial charge in [0.05, 0.1) is 38.1 Å². The van der Waals surface area contributed by atoms with Gasteiger partial charge in [-0.2, -0.15) is 0 Å². The van der Waals surface area contributed by atoms with Gasteiger partial charge >= 0.3 is 5.97 Å². The van der Waals surface area contributed by atoms with Crippen LogP contribution in [0.25, 0.3) is 11.5 Å². The van der Waals surface area contributed by atoms with Crippen molar-refractivity contribution in [2.45, 2.75) is 65.0 Å². The summed E-state index contributed by atoms with van der Waals surface area (Å²) in [6.07, 6.45) is 3.79. The minimum atomic E-state index is -0.918. The van der Waals surface area contributed by atoms with E-state index in [1.54, 1.807) is 7.11 Å². The highest BCUT2D eigenvalue weighted by molar-refractivity contribution is 5.91. The normalized spacial score (nSPS) is 18.1. The second kappa shape index (κ2) is 10.8. The first-order chi connectivity index (χ1) is 16.4. The Morgan fingerprint density at radius 1 is 1.06 bits per heavy atom. The molecule has 4 rings (SSSR count). The zero-order chi connectivity index (χ0) is 24.1. The van der Waals surface area contributed by atoms with Gasteiger partial charge in [0.25, 0.3) is 0 Å². The average Bonchev–Trinajstić information content (AvgIpc) is 3.22. The second-order valence-electron chi connectivity index (χ2n) is 8.70. The molecule has 1 N–H and O–H groups in total. The third-order valence-electron chi connectivity index (χ3n) is 6.31. The first-order valence-corrected chi connectivity index (χ1v) is 11.6. The zero-order valence-corrected chi connectivity index (χ0v) is 19.9. The van der Waals surface area contributed by atoms with Crippen molar-refractivity contribution >= 4 is 5.97 Å². The molecule has 1 aliphatic carbocycles. The fraction of sp³-hybridized carbons (Fsp3) is 0.407. The van der Waals surface area contributed by atoms with Crippen LogP contribution in [0.4, 0.5) is 0 Å². The zero-order valence-electron chi connectivity index (χ0n) is 19.9. The highest BCUT2D eigenvalue weighted by Gasteiger charge is 2.25. The number of carboxylic acids is 1. The van der Waals surface area contributed by atoms with E-state index in [1.165, 1.54) is 0 Å². The molecule has 34 heavy (non-hydrogen) atoms. The quantitative estimate of drug-likeness (QED) is 0.433. The van der Waals surface area contributed by atoms with Gasteiger partial charge in [-0.1, -0.05) is 18.2 Å². The van der Waals surface area contributed by atoms with E-state index in [2.05, 4.69) is 4.98 Å². The molecule has 180 valence electrons. The number of carboxylic acid groups (broad SMARTS) is 1. The lowest BCUT2D eigenvalue weighted by Crippen LogP contribution is -2.28. The first-order valence-electron chi connectivity index (χ1n) is 11.6. The van der Waals surface area contributed by atoms with E-state index in [0.29, 0.717) is 23.6 Å². The molecule has 1 saturated carbocycles. The Morgan fingerprint density at radius 2 is 1.76 bits per heavy atom. The molecule has 0 unspecified atom stereocenters. The molecule has 2 atom stereocenters. The topological polar surface area (TPSA) is 91.0 Å². The molecule has 0 amide bonds. The molecular weight excluding hydrogens is 434 g/mol. The number of nitrogens with zero attached hydrogens (tertiary/aromatic N) is 1. The molecule has 7 heteroatoms. The fourth-order valence-electron chi connectivity index (χ4n) is 4.38. The van der Waals surface area contributed by atoms with E-state index in [-0.39, 0.29) is 18.8 Å². The summed E-state index contributed by atoms with van der Waals surface area (Å²) in [5, 5.41) is 9.53. The Labute approximate surface area is 199 Å². The van der Waals surface area contributed by atoms with Crippen molar-refractivity contribution in [1.82, 2.24) is 4.98 Å². The summed E-state index contributed by atoms with van der Waals surface area (Å²) in [4.78, 5) is 16.2. The van der Waals surface area contributed by atoms with Crippen LogP contribution in [0.5, 0.6) is 5.75 Å². The van der Waals surface area contributed by atoms with Crippen LogP contribution in [0.15, 0.2) is 46.9 Å². The monoisotopic (exact) mass is 465 g/mol. The summed E-state index contributed by atoms with van der Waals surface area (Å²) in [7, 11) is 1.64. The van der Waals surface area contributed by atoms with Gasteiger partial charge in [0.1, 0.15) is 17.2 Å². The third-order valence-corrected chi connectivity index (χ3v) is 6.31. The number of methoxy groups -OCH3 is 1. The van der Waals surface area contributed by atoms with Crippen molar-refractivity contribution in [2.24, 2.45) is 0 Å². The Morgan fingerprint density at radius 3 is 2.44 bits per heavy atom. The summed E-state index contributed by atoms with van der Waals surface area (Å²) in [6.45, 7) is 4.37. The van der Waals surface area contributed by atoms with E-state index >= 15 is 0 Å². The molecule has 3 aromatic rings. The fourth-order valence-corrected chi connectivity index (χ4v) is 4.38. The van der Waals surface area contributed by atoms with E-state index in [1.807, 2.05) is 56.3 Å². The van der Waals surface area contributed by atoms with Crippen LogP contribution < -0.4 is 4.74 Å². The van der Waals surface area contributed by atoms with Crippen LogP contribution in [-0.4, -0.2) is 35.4 Å². The van der Waals surface area contributed by atoms with E-state index < -0.39 is 5.97 Å². The number of aryl methyl sites for hydroxylation is 2. The van der Waals surface area contributed by atoms with Crippen LogP contribution in [0.1, 0.15) is 58.6 Å². The summed E-state index contributed by atoms with van der Waals surface area (Å²) in [6, 6.07) is 13.1. The smallest absolute Gasteiger partial charge is 0.336 e. The van der Waals surface area contributed by atoms with E-state index in [9.17, 15) is 9.90 Å². The molecule has 1 heterocycles. The number of benzene rings is 2. The Kier molecular flexibility index (Phi) is 7.65. The maximum Gasteiger partial charge on any atom is 0.336 e. The SMILES string of the molecule is COc1ccc(-c2nc(CO[C@H]3CCC[C@@H](OCc4cccc(C)c4C(=O)O)C3)c(C)o2)cc1. The maximum absolute atomic E-state index is 11.6. The molecule has 1 aromatic heterocycles. The molecule has 0 bridgehead atoms. The van der Waals surface area contributed by atoms with Crippen molar-refractivity contribution in [2.75, 3.05) is 7.11 Å². The second-order valence-corrected chi connectivity index (χ2v) is 8.70. The van der Waals surface area contributed by atoms with Crippen molar-refractivity contribution in [1.29, 1.82) is 0 Å². The number of carbonyl (C=O) groups is 1. The molecule has 0 radical (unpaired) electrons. The molecule has 2 aromatic carbocycles. The molecule has 0 saturated heterocycles. The summed E-state index contributed by atoms with van der Waals surface area (Å²) >= 11 is 0. The standard InChI is InChI=1S/C27H31NO6/c1-17-6-4-7-20(25(17)27(29)30)15-32-22-8-5-9-23(14-22)33-16-24-18(2)34-26(28-24)19-10-12-21(31-3)13-11-19/h4,6-7,10-13,22-23H,5,8-9,14-16H2,1-3H3,(H,29,30)/t22-,23+/m1/s1. The van der Waals surface area contributed by atoms with Gasteiger partial charge in [-0.15, -0.1) is 0 Å². The van der Waals surface area contributed by atoms with Crippen LogP contribution in [-0.2, 0) is 22.7 Å². The summed E-state index contributed by atoms with van der Waals surface area (Å²) in [5.74, 6) is 1.18. The number of aromatic carboxylic acids is 1. The van der Waals surface area contributed by atoms with Crippen molar-refractivity contribution < 1.29 is 28.5 Å². The lowest BCUT2D eigenvalue weighted by molar-refractivity contribution is -0.0564. The largest absolute Gasteiger partial charge is 0.497 e. The average molecular weight is 466 g/mol. The number of aromatic nitrogens is 1. The minimum absolute atomic E-state index is 0.0363. The number of oxazole rings is 1. The highest BCUT2D eigenvalue weighted by Crippen LogP contribution is 2.28. The predicted molar refractivity (Wildman–Crippen MR) is 127 cm³/mol. The van der Waals surface area contributed by atoms with Crippen molar-refractivity contribution in [3.8, 4) is 17.2 Å². The van der Waals surface area contributed by atoms with Gasteiger partial charge in [-0.3, -0.25) is 0 Å². The van der Waals surface area contributed by atoms with Crippen LogP contribution in [0, 0.1) is 13.8 Å². The molecule has 1 aliphatic rings. The van der Waals surface area contributed by atoms with Gasteiger partial charge in [0.2, 0.25) is 5.89 Å². The lowest BCUT2D eigenvalue weighted by atomic mass is 9.94. The van der Waals surface area contributed by atoms with Gasteiger partial charge in [-0.05, 0) is 74.9 Å². The van der Waals surface area contributed by atoms with Gasteiger partial charge < -0.3 is 23.7 Å². The number of rotatable bonds is 9. The molecule has 1 fully saturated rings. The Bertz CT molecular complexity index is 1120. The van der Waals surface area contributed by atoms with E-state index in [4.69, 9.17) is 18.6 Å². The van der Waals surface area contributed by atoms with Crippen LogP contribution >= 0.6 is 0 Å². The van der Waals surface area contributed by atoms with Crippen LogP contribution in [0.2, 0.25) is 0 Å². The molecule has 7 nitrogen and oxygen atoms in total. The predicted octanol–water partition coefficient (Wildman–Crippen LogP) is 5.71. The first kappa shape index (κ1) is 24.0. The van der Waals surface area contributed by atoms with Gasteiger partial charge in [0, 0.05) is 5.56 Å². The van der Waals surface area contributed by atoms with Crippen LogP contribution in [0.3, 0.4) is 0 Å². The van der Waals surface area contributed by atoms with Crippen molar-refractivity contribution in [3.05, 3.63) is 70.6 Å². The Hall–Kier alpha value is -3.16. The van der Waals surface area contributed by atoms with Crippen molar-refractivity contribution in [3.63, 3.8) is 0 Å². The maximum atomic E-state index is 11.6. The molecule has 0 aliphatic heterocycles. The van der Waals surface area contributed by atoms with Gasteiger partial charge in [-0.25, -0.2) is 9.78 Å². The summed E-state index contributed by atoms with van der Waals surface area (Å²) in [5.41, 5.74) is 3.47. The van der Waals surface area contributed by atoms with E-state index in [0.717, 1.165) is 54.0 Å². The number of hydrogen-bond donors (Lipinski definition) is 1. The third kappa shape index (κ3) is 5.66. The number of ether oxygens (including phenoxy) is 3. The molecular formula is C27H31NO6. The minimum Gasteiger partial charge on any atom is -0.497 e. The summed E-state index contributed by atoms with van der Waals surface area (Å²) < 4.78 is 23.4. The lowest BCUT2D eigenvalue weighted by Gasteiger charge is -2.29. The molecule has 0 spiro atoms. The number of hydrogen-bond acceptors (Lipinski definition) is 6.